The zero-order valence-electron chi connectivity index (χ0n) is 13.2. The highest BCUT2D eigenvalue weighted by molar-refractivity contribution is 5.93. The minimum atomic E-state index is -0.211. The SMILES string of the molecule is C[C@@H](C(=O)Nc1ncccn1)N1CCC[C@@H](Cn2cncn2)C1. The molecule has 0 unspecified atom stereocenters. The smallest absolute Gasteiger partial charge is 0.243 e. The number of nitrogens with one attached hydrogen (secondary N) is 1. The van der Waals surface area contributed by atoms with Gasteiger partial charge in [0.15, 0.2) is 0 Å². The molecule has 3 rings (SSSR count). The third-order valence-corrected chi connectivity index (χ3v) is 4.19. The van der Waals surface area contributed by atoms with Gasteiger partial charge in [-0.2, -0.15) is 5.10 Å². The maximum absolute atomic E-state index is 12.4. The van der Waals surface area contributed by atoms with E-state index in [0.717, 1.165) is 32.5 Å². The Labute approximate surface area is 135 Å². The summed E-state index contributed by atoms with van der Waals surface area (Å²) in [5.74, 6) is 0.756. The molecule has 2 aromatic rings. The van der Waals surface area contributed by atoms with E-state index in [0.29, 0.717) is 11.9 Å². The Kier molecular flexibility index (Phi) is 4.92. The molecule has 1 N–H and O–H groups in total. The molecule has 8 nitrogen and oxygen atoms in total. The third-order valence-electron chi connectivity index (χ3n) is 4.19. The average Bonchev–Trinajstić information content (AvgIpc) is 3.08. The van der Waals surface area contributed by atoms with Gasteiger partial charge in [0.2, 0.25) is 11.9 Å². The van der Waals surface area contributed by atoms with E-state index in [2.05, 4.69) is 30.3 Å². The summed E-state index contributed by atoms with van der Waals surface area (Å²) in [6.45, 7) is 4.57. The van der Waals surface area contributed by atoms with Gasteiger partial charge in [-0.05, 0) is 38.3 Å². The first-order valence-corrected chi connectivity index (χ1v) is 7.86. The molecule has 0 aliphatic carbocycles. The molecule has 3 heterocycles. The van der Waals surface area contributed by atoms with Crippen LogP contribution in [0.3, 0.4) is 0 Å². The van der Waals surface area contributed by atoms with Crippen molar-refractivity contribution < 1.29 is 4.79 Å². The Morgan fingerprint density at radius 1 is 1.43 bits per heavy atom. The summed E-state index contributed by atoms with van der Waals surface area (Å²) in [4.78, 5) is 26.6. The number of amides is 1. The van der Waals surface area contributed by atoms with Crippen LogP contribution in [0.1, 0.15) is 19.8 Å². The molecule has 2 atom stereocenters. The first-order valence-electron chi connectivity index (χ1n) is 7.86. The normalized spacial score (nSPS) is 20.1. The van der Waals surface area contributed by atoms with Gasteiger partial charge in [-0.15, -0.1) is 0 Å². The van der Waals surface area contributed by atoms with Crippen molar-refractivity contribution in [2.75, 3.05) is 18.4 Å². The molecule has 122 valence electrons. The van der Waals surface area contributed by atoms with E-state index in [1.807, 2.05) is 11.6 Å². The largest absolute Gasteiger partial charge is 0.293 e. The van der Waals surface area contributed by atoms with Gasteiger partial charge in [0, 0.05) is 25.5 Å². The second-order valence-corrected chi connectivity index (χ2v) is 5.86. The van der Waals surface area contributed by atoms with Gasteiger partial charge in [-0.25, -0.2) is 15.0 Å². The molecule has 1 amide bonds. The van der Waals surface area contributed by atoms with E-state index in [1.54, 1.807) is 31.1 Å². The van der Waals surface area contributed by atoms with Crippen LogP contribution in [0.2, 0.25) is 0 Å². The Bertz CT molecular complexity index is 616. The number of likely N-dealkylation sites (tertiary alicyclic amines) is 1. The summed E-state index contributed by atoms with van der Waals surface area (Å²) >= 11 is 0. The lowest BCUT2D eigenvalue weighted by Gasteiger charge is -2.35. The van der Waals surface area contributed by atoms with Gasteiger partial charge < -0.3 is 0 Å². The van der Waals surface area contributed by atoms with E-state index in [1.165, 1.54) is 0 Å². The number of rotatable bonds is 5. The molecule has 0 bridgehead atoms. The average molecular weight is 315 g/mol. The topological polar surface area (TPSA) is 88.8 Å². The minimum absolute atomic E-state index is 0.0717. The van der Waals surface area contributed by atoms with Crippen molar-refractivity contribution in [3.8, 4) is 0 Å². The second-order valence-electron chi connectivity index (χ2n) is 5.86. The van der Waals surface area contributed by atoms with Gasteiger partial charge in [-0.1, -0.05) is 0 Å². The van der Waals surface area contributed by atoms with Crippen molar-refractivity contribution in [3.63, 3.8) is 0 Å². The summed E-state index contributed by atoms with van der Waals surface area (Å²) in [7, 11) is 0. The molecule has 23 heavy (non-hydrogen) atoms. The Balaban J connectivity index is 1.55. The van der Waals surface area contributed by atoms with Crippen LogP contribution in [-0.4, -0.2) is 54.7 Å². The van der Waals surface area contributed by atoms with Crippen LogP contribution in [0.5, 0.6) is 0 Å². The van der Waals surface area contributed by atoms with E-state index >= 15 is 0 Å². The monoisotopic (exact) mass is 315 g/mol. The van der Waals surface area contributed by atoms with Gasteiger partial charge in [0.1, 0.15) is 12.7 Å². The maximum atomic E-state index is 12.4. The van der Waals surface area contributed by atoms with Gasteiger partial charge in [0.05, 0.1) is 6.04 Å². The molecular formula is C15H21N7O. The zero-order valence-corrected chi connectivity index (χ0v) is 13.2. The molecular weight excluding hydrogens is 294 g/mol. The summed E-state index contributed by atoms with van der Waals surface area (Å²) < 4.78 is 1.86. The molecule has 2 aromatic heterocycles. The van der Waals surface area contributed by atoms with Crippen molar-refractivity contribution in [2.24, 2.45) is 5.92 Å². The molecule has 0 aromatic carbocycles. The van der Waals surface area contributed by atoms with E-state index < -0.39 is 0 Å². The number of hydrogen-bond acceptors (Lipinski definition) is 6. The number of piperidine rings is 1. The minimum Gasteiger partial charge on any atom is -0.293 e. The van der Waals surface area contributed by atoms with Gasteiger partial charge >= 0.3 is 0 Å². The second kappa shape index (κ2) is 7.28. The predicted molar refractivity (Wildman–Crippen MR) is 84.4 cm³/mol. The molecule has 1 aliphatic heterocycles. The van der Waals surface area contributed by atoms with Crippen LogP contribution in [-0.2, 0) is 11.3 Å². The van der Waals surface area contributed by atoms with E-state index in [-0.39, 0.29) is 11.9 Å². The van der Waals surface area contributed by atoms with Crippen molar-refractivity contribution in [1.29, 1.82) is 0 Å². The Morgan fingerprint density at radius 3 is 3.00 bits per heavy atom. The lowest BCUT2D eigenvalue weighted by Crippen LogP contribution is -2.47. The Morgan fingerprint density at radius 2 is 2.26 bits per heavy atom. The first kappa shape index (κ1) is 15.5. The fourth-order valence-corrected chi connectivity index (χ4v) is 2.93. The number of nitrogens with zero attached hydrogens (tertiary/aromatic N) is 6. The number of hydrogen-bond donors (Lipinski definition) is 1. The van der Waals surface area contributed by atoms with Gasteiger partial charge in [-0.3, -0.25) is 19.7 Å². The number of anilines is 1. The van der Waals surface area contributed by atoms with Crippen LogP contribution < -0.4 is 5.32 Å². The molecule has 1 saturated heterocycles. The number of aromatic nitrogens is 5. The summed E-state index contributed by atoms with van der Waals surface area (Å²) in [5.41, 5.74) is 0. The highest BCUT2D eigenvalue weighted by Gasteiger charge is 2.28. The Hall–Kier alpha value is -2.35. The number of carbonyl (C=O) groups excluding carboxylic acids is 1. The van der Waals surface area contributed by atoms with Crippen LogP contribution in [0.25, 0.3) is 0 Å². The van der Waals surface area contributed by atoms with Crippen molar-refractivity contribution in [2.45, 2.75) is 32.4 Å². The highest BCUT2D eigenvalue weighted by atomic mass is 16.2. The van der Waals surface area contributed by atoms with Crippen molar-refractivity contribution >= 4 is 11.9 Å². The maximum Gasteiger partial charge on any atom is 0.243 e. The molecule has 1 fully saturated rings. The molecule has 8 heteroatoms. The zero-order chi connectivity index (χ0) is 16.1. The van der Waals surface area contributed by atoms with Crippen LogP contribution >= 0.6 is 0 Å². The first-order chi connectivity index (χ1) is 11.2. The molecule has 0 saturated carbocycles. The predicted octanol–water partition coefficient (Wildman–Crippen LogP) is 0.807. The van der Waals surface area contributed by atoms with E-state index in [9.17, 15) is 4.79 Å². The van der Waals surface area contributed by atoms with Crippen molar-refractivity contribution in [1.82, 2.24) is 29.6 Å². The highest BCUT2D eigenvalue weighted by Crippen LogP contribution is 2.20. The summed E-state index contributed by atoms with van der Waals surface area (Å²) in [5, 5.41) is 6.93. The van der Waals surface area contributed by atoms with Gasteiger partial charge in [0.25, 0.3) is 0 Å². The van der Waals surface area contributed by atoms with E-state index in [4.69, 9.17) is 0 Å². The number of carbonyl (C=O) groups is 1. The van der Waals surface area contributed by atoms with Crippen molar-refractivity contribution in [3.05, 3.63) is 31.1 Å². The molecule has 0 spiro atoms. The molecule has 1 aliphatic rings. The fraction of sp³-hybridized carbons (Fsp3) is 0.533. The lowest BCUT2D eigenvalue weighted by molar-refractivity contribution is -0.121. The van der Waals surface area contributed by atoms with Crippen LogP contribution in [0, 0.1) is 5.92 Å². The van der Waals surface area contributed by atoms with Crippen LogP contribution in [0.4, 0.5) is 5.95 Å². The standard InChI is InChI=1S/C15H21N7O/c1-12(14(23)20-15-17-5-3-6-18-15)21-7-2-4-13(8-21)9-22-11-16-10-19-22/h3,5-6,10-13H,2,4,7-9H2,1H3,(H,17,18,20,23)/t12-,13+/m0/s1. The fourth-order valence-electron chi connectivity index (χ4n) is 2.93. The third kappa shape index (κ3) is 4.10. The quantitative estimate of drug-likeness (QED) is 0.878. The molecule has 0 radical (unpaired) electrons. The summed E-state index contributed by atoms with van der Waals surface area (Å²) in [6.07, 6.45) is 8.74. The van der Waals surface area contributed by atoms with Crippen LogP contribution in [0.15, 0.2) is 31.1 Å². The lowest BCUT2D eigenvalue weighted by atomic mass is 9.96. The summed E-state index contributed by atoms with van der Waals surface area (Å²) in [6, 6.07) is 1.51.